The molecule has 1 nitrogen and oxygen atoms in total. The van der Waals surface area contributed by atoms with Crippen LogP contribution in [-0.2, 0) is 0 Å². The van der Waals surface area contributed by atoms with Gasteiger partial charge < -0.3 is 4.90 Å². The SMILES string of the molecule is CCCCN(CCCC)c1ccc(/C=C/c2ccc3sc4ccccc4c3c2)cc1. The summed E-state index contributed by atoms with van der Waals surface area (Å²) in [4.78, 5) is 2.54. The molecule has 1 aromatic heterocycles. The van der Waals surface area contributed by atoms with Gasteiger partial charge in [0.1, 0.15) is 0 Å². The van der Waals surface area contributed by atoms with Crippen LogP contribution in [0, 0.1) is 0 Å². The zero-order chi connectivity index (χ0) is 20.8. The quantitative estimate of drug-likeness (QED) is 0.248. The van der Waals surface area contributed by atoms with Gasteiger partial charge in [0.05, 0.1) is 0 Å². The molecule has 0 radical (unpaired) electrons. The van der Waals surface area contributed by atoms with E-state index in [4.69, 9.17) is 0 Å². The predicted octanol–water partition coefficient (Wildman–Crippen LogP) is 8.63. The minimum absolute atomic E-state index is 1.15. The van der Waals surface area contributed by atoms with E-state index >= 15 is 0 Å². The highest BCUT2D eigenvalue weighted by Gasteiger charge is 2.06. The van der Waals surface area contributed by atoms with Crippen LogP contribution in [0.25, 0.3) is 32.3 Å². The van der Waals surface area contributed by atoms with E-state index in [9.17, 15) is 0 Å². The Kier molecular flexibility index (Phi) is 6.86. The molecule has 0 aliphatic heterocycles. The highest BCUT2D eigenvalue weighted by atomic mass is 32.1. The molecule has 154 valence electrons. The van der Waals surface area contributed by atoms with E-state index in [0.29, 0.717) is 0 Å². The summed E-state index contributed by atoms with van der Waals surface area (Å²) < 4.78 is 2.72. The van der Waals surface area contributed by atoms with Gasteiger partial charge in [-0.2, -0.15) is 0 Å². The molecule has 3 aromatic carbocycles. The van der Waals surface area contributed by atoms with Gasteiger partial charge in [-0.25, -0.2) is 0 Å². The second-order valence-corrected chi connectivity index (χ2v) is 9.06. The van der Waals surface area contributed by atoms with Crippen molar-refractivity contribution in [3.63, 3.8) is 0 Å². The van der Waals surface area contributed by atoms with Gasteiger partial charge in [-0.3, -0.25) is 0 Å². The van der Waals surface area contributed by atoms with Gasteiger partial charge in [0.25, 0.3) is 0 Å². The van der Waals surface area contributed by atoms with E-state index in [1.54, 1.807) is 0 Å². The zero-order valence-electron chi connectivity index (χ0n) is 18.1. The van der Waals surface area contributed by atoms with Gasteiger partial charge in [-0.05, 0) is 54.3 Å². The van der Waals surface area contributed by atoms with E-state index in [2.05, 4.69) is 97.6 Å². The monoisotopic (exact) mass is 413 g/mol. The first-order valence-corrected chi connectivity index (χ1v) is 12.0. The summed E-state index contributed by atoms with van der Waals surface area (Å²) in [5.41, 5.74) is 3.85. The van der Waals surface area contributed by atoms with E-state index in [1.807, 2.05) is 11.3 Å². The van der Waals surface area contributed by atoms with E-state index < -0.39 is 0 Å². The Morgan fingerprint density at radius 3 is 2.07 bits per heavy atom. The Hall–Kier alpha value is -2.58. The van der Waals surface area contributed by atoms with Crippen molar-refractivity contribution < 1.29 is 0 Å². The molecule has 0 bridgehead atoms. The first-order chi connectivity index (χ1) is 14.8. The molecule has 0 saturated carbocycles. The second kappa shape index (κ2) is 9.95. The number of unbranched alkanes of at least 4 members (excludes halogenated alkanes) is 2. The first kappa shape index (κ1) is 20.7. The van der Waals surface area contributed by atoms with Crippen molar-refractivity contribution in [3.05, 3.63) is 77.9 Å². The van der Waals surface area contributed by atoms with Crippen LogP contribution in [0.15, 0.2) is 66.7 Å². The first-order valence-electron chi connectivity index (χ1n) is 11.2. The average molecular weight is 414 g/mol. The molecule has 0 aliphatic carbocycles. The third-order valence-electron chi connectivity index (χ3n) is 5.69. The van der Waals surface area contributed by atoms with Crippen LogP contribution in [0.3, 0.4) is 0 Å². The molecule has 0 N–H and O–H groups in total. The molecular weight excluding hydrogens is 382 g/mol. The molecule has 2 heteroatoms. The fourth-order valence-electron chi connectivity index (χ4n) is 3.90. The van der Waals surface area contributed by atoms with Crippen molar-refractivity contribution in [2.45, 2.75) is 39.5 Å². The minimum Gasteiger partial charge on any atom is -0.372 e. The molecule has 0 unspecified atom stereocenters. The minimum atomic E-state index is 1.15. The molecule has 0 atom stereocenters. The van der Waals surface area contributed by atoms with E-state index in [0.717, 1.165) is 13.1 Å². The third-order valence-corrected chi connectivity index (χ3v) is 6.84. The van der Waals surface area contributed by atoms with Crippen LogP contribution >= 0.6 is 11.3 Å². The van der Waals surface area contributed by atoms with Crippen molar-refractivity contribution in [2.24, 2.45) is 0 Å². The van der Waals surface area contributed by atoms with Crippen LogP contribution in [0.1, 0.15) is 50.7 Å². The van der Waals surface area contributed by atoms with Crippen molar-refractivity contribution in [2.75, 3.05) is 18.0 Å². The highest BCUT2D eigenvalue weighted by Crippen LogP contribution is 2.34. The Labute approximate surface area is 184 Å². The van der Waals surface area contributed by atoms with Crippen LogP contribution < -0.4 is 4.90 Å². The maximum Gasteiger partial charge on any atom is 0.0366 e. The lowest BCUT2D eigenvalue weighted by Crippen LogP contribution is -2.25. The molecule has 0 saturated heterocycles. The van der Waals surface area contributed by atoms with Crippen LogP contribution in [-0.4, -0.2) is 13.1 Å². The van der Waals surface area contributed by atoms with Gasteiger partial charge in [0.2, 0.25) is 0 Å². The van der Waals surface area contributed by atoms with Gasteiger partial charge in [-0.1, -0.05) is 75.2 Å². The topological polar surface area (TPSA) is 3.24 Å². The number of fused-ring (bicyclic) bond motifs is 3. The fourth-order valence-corrected chi connectivity index (χ4v) is 4.99. The molecule has 4 aromatic rings. The number of hydrogen-bond acceptors (Lipinski definition) is 2. The lowest BCUT2D eigenvalue weighted by Gasteiger charge is -2.24. The summed E-state index contributed by atoms with van der Waals surface area (Å²) in [5, 5.41) is 2.71. The normalized spacial score (nSPS) is 11.7. The van der Waals surface area contributed by atoms with Gasteiger partial charge in [-0.15, -0.1) is 11.3 Å². The van der Waals surface area contributed by atoms with Gasteiger partial charge in [0, 0.05) is 38.9 Å². The zero-order valence-corrected chi connectivity index (χ0v) is 18.9. The van der Waals surface area contributed by atoms with Crippen LogP contribution in [0.2, 0.25) is 0 Å². The Morgan fingerprint density at radius 2 is 1.33 bits per heavy atom. The van der Waals surface area contributed by atoms with Gasteiger partial charge in [0.15, 0.2) is 0 Å². The molecule has 0 fully saturated rings. The van der Waals surface area contributed by atoms with Crippen molar-refractivity contribution >= 4 is 49.3 Å². The number of rotatable bonds is 9. The fraction of sp³-hybridized carbons (Fsp3) is 0.286. The molecule has 1 heterocycles. The maximum atomic E-state index is 2.54. The third kappa shape index (κ3) is 4.76. The smallest absolute Gasteiger partial charge is 0.0366 e. The molecule has 0 spiro atoms. The molecule has 0 amide bonds. The number of thiophene rings is 1. The van der Waals surface area contributed by atoms with Crippen molar-refractivity contribution in [3.8, 4) is 0 Å². The predicted molar refractivity (Wildman–Crippen MR) is 137 cm³/mol. The van der Waals surface area contributed by atoms with E-state index in [1.165, 1.54) is 62.7 Å². The average Bonchev–Trinajstić information content (AvgIpc) is 3.16. The number of benzene rings is 3. The lowest BCUT2D eigenvalue weighted by atomic mass is 10.1. The Balaban J connectivity index is 1.51. The summed E-state index contributed by atoms with van der Waals surface area (Å²) in [6.07, 6.45) is 9.45. The largest absolute Gasteiger partial charge is 0.372 e. The summed E-state index contributed by atoms with van der Waals surface area (Å²) in [6, 6.07) is 24.5. The number of nitrogens with zero attached hydrogens (tertiary/aromatic N) is 1. The summed E-state index contributed by atoms with van der Waals surface area (Å²) in [5.74, 6) is 0. The summed E-state index contributed by atoms with van der Waals surface area (Å²) in [7, 11) is 0. The highest BCUT2D eigenvalue weighted by molar-refractivity contribution is 7.25. The Morgan fingerprint density at radius 1 is 0.700 bits per heavy atom. The second-order valence-electron chi connectivity index (χ2n) is 7.97. The standard InChI is InChI=1S/C28H31NS/c1-3-5-19-29(20-6-4-2)24-16-13-22(14-17-24)11-12-23-15-18-28-26(21-23)25-9-7-8-10-27(25)30-28/h7-18,21H,3-6,19-20H2,1-2H3/b12-11+. The van der Waals surface area contributed by atoms with Crippen LogP contribution in [0.5, 0.6) is 0 Å². The molecule has 0 aliphatic rings. The number of anilines is 1. The van der Waals surface area contributed by atoms with Gasteiger partial charge >= 0.3 is 0 Å². The maximum absolute atomic E-state index is 2.54. The van der Waals surface area contributed by atoms with Crippen molar-refractivity contribution in [1.29, 1.82) is 0 Å². The van der Waals surface area contributed by atoms with E-state index in [-0.39, 0.29) is 0 Å². The van der Waals surface area contributed by atoms with Crippen LogP contribution in [0.4, 0.5) is 5.69 Å². The van der Waals surface area contributed by atoms with Crippen molar-refractivity contribution in [1.82, 2.24) is 0 Å². The number of hydrogen-bond donors (Lipinski definition) is 0. The molecule has 4 rings (SSSR count). The molecule has 30 heavy (non-hydrogen) atoms. The summed E-state index contributed by atoms with van der Waals surface area (Å²) in [6.45, 7) is 6.84. The summed E-state index contributed by atoms with van der Waals surface area (Å²) >= 11 is 1.87. The molecular formula is C28H31NS. The Bertz CT molecular complexity index is 1110. The lowest BCUT2D eigenvalue weighted by molar-refractivity contribution is 0.678.